The minimum Gasteiger partial charge on any atom is -0.496 e. The summed E-state index contributed by atoms with van der Waals surface area (Å²) in [6, 6.07) is 8.06. The first-order valence-corrected chi connectivity index (χ1v) is 8.59. The zero-order valence-electron chi connectivity index (χ0n) is 15.2. The number of aryl methyl sites for hydroxylation is 1. The van der Waals surface area contributed by atoms with Gasteiger partial charge >= 0.3 is 0 Å². The molecule has 2 aromatic carbocycles. The molecule has 0 aromatic heterocycles. The van der Waals surface area contributed by atoms with Crippen molar-refractivity contribution in [2.45, 2.75) is 6.92 Å². The molecule has 0 spiro atoms. The minimum absolute atomic E-state index is 0.159. The van der Waals surface area contributed by atoms with Crippen LogP contribution < -0.4 is 4.74 Å². The second-order valence-electron chi connectivity index (χ2n) is 6.39. The van der Waals surface area contributed by atoms with Crippen molar-refractivity contribution in [2.24, 2.45) is 0 Å². The normalized spacial score (nSPS) is 14.2. The van der Waals surface area contributed by atoms with Crippen LogP contribution in [0.15, 0.2) is 36.4 Å². The van der Waals surface area contributed by atoms with Crippen LogP contribution in [0.4, 0.5) is 8.78 Å². The summed E-state index contributed by atoms with van der Waals surface area (Å²) >= 11 is 0. The van der Waals surface area contributed by atoms with Crippen molar-refractivity contribution in [3.63, 3.8) is 0 Å². The number of nitrogens with zero attached hydrogens (tertiary/aromatic N) is 2. The molecular formula is C20H20F2N2O3. The molecule has 0 N–H and O–H groups in total. The first kappa shape index (κ1) is 18.8. The Labute approximate surface area is 156 Å². The fourth-order valence-electron chi connectivity index (χ4n) is 3.09. The lowest BCUT2D eigenvalue weighted by Crippen LogP contribution is -2.50. The van der Waals surface area contributed by atoms with E-state index in [1.165, 1.54) is 37.4 Å². The fourth-order valence-corrected chi connectivity index (χ4v) is 3.09. The van der Waals surface area contributed by atoms with Crippen molar-refractivity contribution in [1.29, 1.82) is 0 Å². The number of carbonyl (C=O) groups is 2. The van der Waals surface area contributed by atoms with E-state index in [4.69, 9.17) is 4.74 Å². The van der Waals surface area contributed by atoms with E-state index in [0.717, 1.165) is 6.07 Å². The Hall–Kier alpha value is -2.96. The number of methoxy groups -OCH3 is 1. The molecule has 5 nitrogen and oxygen atoms in total. The summed E-state index contributed by atoms with van der Waals surface area (Å²) in [5.74, 6) is -1.10. The van der Waals surface area contributed by atoms with Gasteiger partial charge in [0.15, 0.2) is 0 Å². The molecule has 0 radical (unpaired) electrons. The number of rotatable bonds is 3. The second-order valence-corrected chi connectivity index (χ2v) is 6.39. The molecule has 27 heavy (non-hydrogen) atoms. The van der Waals surface area contributed by atoms with Crippen LogP contribution in [0.5, 0.6) is 5.75 Å². The number of carbonyl (C=O) groups excluding carboxylic acids is 2. The highest BCUT2D eigenvalue weighted by molar-refractivity contribution is 5.97. The minimum atomic E-state index is -0.514. The lowest BCUT2D eigenvalue weighted by Gasteiger charge is -2.35. The van der Waals surface area contributed by atoms with Crippen molar-refractivity contribution in [1.82, 2.24) is 9.80 Å². The maximum absolute atomic E-state index is 13.5. The van der Waals surface area contributed by atoms with Gasteiger partial charge < -0.3 is 14.5 Å². The van der Waals surface area contributed by atoms with E-state index in [1.807, 2.05) is 0 Å². The van der Waals surface area contributed by atoms with Crippen LogP contribution >= 0.6 is 0 Å². The van der Waals surface area contributed by atoms with E-state index in [2.05, 4.69) is 0 Å². The van der Waals surface area contributed by atoms with Crippen LogP contribution in [0.25, 0.3) is 0 Å². The summed E-state index contributed by atoms with van der Waals surface area (Å²) in [6.45, 7) is 2.95. The number of ether oxygens (including phenoxy) is 1. The molecule has 0 aliphatic carbocycles. The van der Waals surface area contributed by atoms with Crippen molar-refractivity contribution in [3.05, 3.63) is 64.7 Å². The van der Waals surface area contributed by atoms with Crippen molar-refractivity contribution in [3.8, 4) is 5.75 Å². The summed E-state index contributed by atoms with van der Waals surface area (Å²) in [5.41, 5.74) is 0.986. The van der Waals surface area contributed by atoms with Gasteiger partial charge in [-0.25, -0.2) is 8.78 Å². The first-order valence-electron chi connectivity index (χ1n) is 8.59. The quantitative estimate of drug-likeness (QED) is 0.830. The van der Waals surface area contributed by atoms with E-state index >= 15 is 0 Å². The largest absolute Gasteiger partial charge is 0.496 e. The number of benzene rings is 2. The first-order chi connectivity index (χ1) is 12.9. The lowest BCUT2D eigenvalue weighted by atomic mass is 10.1. The van der Waals surface area contributed by atoms with E-state index in [-0.39, 0.29) is 23.2 Å². The molecule has 1 aliphatic rings. The zero-order valence-corrected chi connectivity index (χ0v) is 15.2. The maximum Gasteiger partial charge on any atom is 0.257 e. The summed E-state index contributed by atoms with van der Waals surface area (Å²) < 4.78 is 32.1. The molecule has 1 aliphatic heterocycles. The predicted molar refractivity (Wildman–Crippen MR) is 95.9 cm³/mol. The molecule has 1 saturated heterocycles. The molecule has 1 heterocycles. The Bertz CT molecular complexity index is 878. The van der Waals surface area contributed by atoms with Gasteiger partial charge in [-0.15, -0.1) is 0 Å². The molecule has 2 amide bonds. The van der Waals surface area contributed by atoms with Gasteiger partial charge in [-0.3, -0.25) is 9.59 Å². The summed E-state index contributed by atoms with van der Waals surface area (Å²) in [6.07, 6.45) is 0. The topological polar surface area (TPSA) is 49.9 Å². The zero-order chi connectivity index (χ0) is 19.6. The van der Waals surface area contributed by atoms with Crippen LogP contribution in [0.1, 0.15) is 26.3 Å². The Morgan fingerprint density at radius 2 is 1.56 bits per heavy atom. The van der Waals surface area contributed by atoms with Gasteiger partial charge in [0.05, 0.1) is 12.7 Å². The maximum atomic E-state index is 13.5. The number of piperazine rings is 1. The molecule has 0 bridgehead atoms. The van der Waals surface area contributed by atoms with Crippen molar-refractivity contribution < 1.29 is 23.1 Å². The van der Waals surface area contributed by atoms with Gasteiger partial charge in [-0.1, -0.05) is 0 Å². The summed E-state index contributed by atoms with van der Waals surface area (Å²) in [4.78, 5) is 28.5. The molecule has 3 rings (SSSR count). The third kappa shape index (κ3) is 3.92. The Morgan fingerprint density at radius 3 is 2.15 bits per heavy atom. The average Bonchev–Trinajstić information content (AvgIpc) is 2.69. The number of hydrogen-bond acceptors (Lipinski definition) is 3. The second kappa shape index (κ2) is 7.73. The Morgan fingerprint density at radius 1 is 0.926 bits per heavy atom. The van der Waals surface area contributed by atoms with Crippen LogP contribution in [-0.4, -0.2) is 54.9 Å². The van der Waals surface area contributed by atoms with Crippen molar-refractivity contribution >= 4 is 11.8 Å². The van der Waals surface area contributed by atoms with Crippen LogP contribution in [0, 0.1) is 18.6 Å². The van der Waals surface area contributed by atoms with Crippen LogP contribution in [0.2, 0.25) is 0 Å². The molecular weight excluding hydrogens is 354 g/mol. The third-order valence-corrected chi connectivity index (χ3v) is 4.65. The van der Waals surface area contributed by atoms with Gasteiger partial charge in [0.25, 0.3) is 11.8 Å². The third-order valence-electron chi connectivity index (χ3n) is 4.65. The number of hydrogen-bond donors (Lipinski definition) is 0. The van der Waals surface area contributed by atoms with E-state index < -0.39 is 5.82 Å². The Balaban J connectivity index is 1.68. The number of amides is 2. The predicted octanol–water partition coefficient (Wildman–Crippen LogP) is 2.88. The van der Waals surface area contributed by atoms with Gasteiger partial charge in [-0.05, 0) is 48.9 Å². The monoisotopic (exact) mass is 374 g/mol. The summed E-state index contributed by atoms with van der Waals surface area (Å²) in [5, 5.41) is 0. The SMILES string of the molecule is COc1ccc(F)cc1C(=O)N1CCN(C(=O)c2ccc(F)c(C)c2)CC1. The van der Waals surface area contributed by atoms with Crippen molar-refractivity contribution in [2.75, 3.05) is 33.3 Å². The van der Waals surface area contributed by atoms with E-state index in [1.54, 1.807) is 16.7 Å². The highest BCUT2D eigenvalue weighted by atomic mass is 19.1. The van der Waals surface area contributed by atoms with Gasteiger partial charge in [0, 0.05) is 31.7 Å². The van der Waals surface area contributed by atoms with E-state index in [9.17, 15) is 18.4 Å². The highest BCUT2D eigenvalue weighted by Gasteiger charge is 2.27. The fraction of sp³-hybridized carbons (Fsp3) is 0.300. The Kier molecular flexibility index (Phi) is 5.39. The average molecular weight is 374 g/mol. The molecule has 0 saturated carbocycles. The molecule has 2 aromatic rings. The standard InChI is InChI=1S/C20H20F2N2O3/c1-13-11-14(3-5-17(13)22)19(25)23-7-9-24(10-8-23)20(26)16-12-15(21)4-6-18(16)27-2/h3-6,11-12H,7-10H2,1-2H3. The number of halogens is 2. The molecule has 7 heteroatoms. The highest BCUT2D eigenvalue weighted by Crippen LogP contribution is 2.22. The molecule has 0 unspecified atom stereocenters. The molecule has 142 valence electrons. The van der Waals surface area contributed by atoms with Gasteiger partial charge in [0.1, 0.15) is 17.4 Å². The van der Waals surface area contributed by atoms with Gasteiger partial charge in [0.2, 0.25) is 0 Å². The van der Waals surface area contributed by atoms with Crippen LogP contribution in [0.3, 0.4) is 0 Å². The van der Waals surface area contributed by atoms with Crippen LogP contribution in [-0.2, 0) is 0 Å². The molecule has 1 fully saturated rings. The van der Waals surface area contributed by atoms with Gasteiger partial charge in [-0.2, -0.15) is 0 Å². The lowest BCUT2D eigenvalue weighted by molar-refractivity contribution is 0.0533. The smallest absolute Gasteiger partial charge is 0.257 e. The summed E-state index contributed by atoms with van der Waals surface area (Å²) in [7, 11) is 1.42. The van der Waals surface area contributed by atoms with E-state index in [0.29, 0.717) is 43.1 Å². The molecule has 0 atom stereocenters.